The van der Waals surface area contributed by atoms with Crippen molar-refractivity contribution in [3.8, 4) is 0 Å². The molecule has 0 amide bonds. The molecule has 62 heavy (non-hydrogen) atoms. The van der Waals surface area contributed by atoms with Crippen molar-refractivity contribution in [1.29, 1.82) is 0 Å². The predicted molar refractivity (Wildman–Crippen MR) is 266 cm³/mol. The van der Waals surface area contributed by atoms with E-state index in [-0.39, 0.29) is 31.1 Å². The van der Waals surface area contributed by atoms with Crippen molar-refractivity contribution in [3.63, 3.8) is 0 Å². The first kappa shape index (κ1) is 60.4. The minimum absolute atomic E-state index is 0.0642. The van der Waals surface area contributed by atoms with Gasteiger partial charge in [-0.15, -0.1) is 0 Å². The molecular weight excluding hydrogens is 769 g/mol. The van der Waals surface area contributed by atoms with Crippen LogP contribution in [0.3, 0.4) is 0 Å². The summed E-state index contributed by atoms with van der Waals surface area (Å²) >= 11 is 0. The van der Waals surface area contributed by atoms with Gasteiger partial charge in [-0.05, 0) is 37.0 Å². The van der Waals surface area contributed by atoms with E-state index in [2.05, 4.69) is 41.5 Å². The molecule has 0 aromatic heterocycles. The third kappa shape index (κ3) is 49.4. The van der Waals surface area contributed by atoms with Gasteiger partial charge in [0.2, 0.25) is 0 Å². The summed E-state index contributed by atoms with van der Waals surface area (Å²) in [5.74, 6) is 1.63. The van der Waals surface area contributed by atoms with Crippen LogP contribution in [0.4, 0.5) is 0 Å². The molecule has 0 aromatic rings. The molecule has 368 valence electrons. The van der Waals surface area contributed by atoms with Gasteiger partial charge in [0.15, 0.2) is 6.10 Å². The summed E-state index contributed by atoms with van der Waals surface area (Å²) in [6.07, 6.45) is 48.1. The molecular formula is C56H108O6. The SMILES string of the molecule is CC(C)CCCCCCCCCCCCCCCCC(=O)O[C@@H](COC(=O)CCCCCCCCCCCCCCCC(C)C)COC(=O)CCCCCCCCCCC(C)C. The molecule has 6 heteroatoms. The van der Waals surface area contributed by atoms with E-state index >= 15 is 0 Å². The van der Waals surface area contributed by atoms with Crippen LogP contribution in [0.2, 0.25) is 0 Å². The van der Waals surface area contributed by atoms with E-state index in [0.717, 1.165) is 75.5 Å². The maximum atomic E-state index is 12.8. The Morgan fingerprint density at radius 2 is 0.468 bits per heavy atom. The van der Waals surface area contributed by atoms with Gasteiger partial charge < -0.3 is 14.2 Å². The van der Waals surface area contributed by atoms with E-state index in [0.29, 0.717) is 19.3 Å². The zero-order valence-electron chi connectivity index (χ0n) is 42.7. The Balaban J connectivity index is 4.29. The van der Waals surface area contributed by atoms with Gasteiger partial charge in [0.1, 0.15) is 13.2 Å². The van der Waals surface area contributed by atoms with Crippen LogP contribution in [0, 0.1) is 17.8 Å². The molecule has 0 radical (unpaired) electrons. The van der Waals surface area contributed by atoms with E-state index in [4.69, 9.17) is 14.2 Å². The largest absolute Gasteiger partial charge is 0.462 e. The fourth-order valence-corrected chi connectivity index (χ4v) is 8.47. The molecule has 0 N–H and O–H groups in total. The van der Waals surface area contributed by atoms with Gasteiger partial charge in [-0.1, -0.05) is 266 Å². The molecule has 0 unspecified atom stereocenters. The average molecular weight is 877 g/mol. The van der Waals surface area contributed by atoms with Crippen molar-refractivity contribution in [3.05, 3.63) is 0 Å². The number of unbranched alkanes of at least 4 members (excludes halogenated alkanes) is 32. The van der Waals surface area contributed by atoms with Gasteiger partial charge >= 0.3 is 17.9 Å². The second kappa shape index (κ2) is 47.4. The molecule has 0 spiro atoms. The van der Waals surface area contributed by atoms with Crippen LogP contribution in [0.25, 0.3) is 0 Å². The zero-order chi connectivity index (χ0) is 45.6. The molecule has 0 heterocycles. The standard InChI is InChI=1S/C56H108O6/c1-50(2)42-36-30-24-18-14-10-7-8-12-17-21-29-35-41-47-56(59)62-53(49-61-55(58)46-40-34-28-23-22-26-32-38-44-52(5)6)48-60-54(57)45-39-33-27-20-16-13-9-11-15-19-25-31-37-43-51(3)4/h50-53H,7-49H2,1-6H3/t53-/m0/s1. The zero-order valence-corrected chi connectivity index (χ0v) is 42.7. The lowest BCUT2D eigenvalue weighted by molar-refractivity contribution is -0.167. The Morgan fingerprint density at radius 3 is 0.694 bits per heavy atom. The van der Waals surface area contributed by atoms with Crippen molar-refractivity contribution in [2.75, 3.05) is 13.2 Å². The van der Waals surface area contributed by atoms with Gasteiger partial charge in [0.25, 0.3) is 0 Å². The number of ether oxygens (including phenoxy) is 3. The van der Waals surface area contributed by atoms with Crippen molar-refractivity contribution >= 4 is 17.9 Å². The number of carbonyl (C=O) groups is 3. The summed E-state index contributed by atoms with van der Waals surface area (Å²) in [6.45, 7) is 13.7. The third-order valence-electron chi connectivity index (χ3n) is 12.6. The maximum absolute atomic E-state index is 12.8. The van der Waals surface area contributed by atoms with Crippen LogP contribution >= 0.6 is 0 Å². The minimum Gasteiger partial charge on any atom is -0.462 e. The van der Waals surface area contributed by atoms with Gasteiger partial charge in [-0.3, -0.25) is 14.4 Å². The van der Waals surface area contributed by atoms with Gasteiger partial charge in [-0.25, -0.2) is 0 Å². The average Bonchev–Trinajstić information content (AvgIpc) is 3.23. The molecule has 0 rings (SSSR count). The first-order valence-corrected chi connectivity index (χ1v) is 27.6. The van der Waals surface area contributed by atoms with E-state index in [1.165, 1.54) is 186 Å². The fourth-order valence-electron chi connectivity index (χ4n) is 8.47. The van der Waals surface area contributed by atoms with E-state index in [1.54, 1.807) is 0 Å². The van der Waals surface area contributed by atoms with E-state index < -0.39 is 6.10 Å². The van der Waals surface area contributed by atoms with Crippen LogP contribution in [0.15, 0.2) is 0 Å². The van der Waals surface area contributed by atoms with Crippen molar-refractivity contribution in [2.45, 2.75) is 311 Å². The van der Waals surface area contributed by atoms with Crippen molar-refractivity contribution in [2.24, 2.45) is 17.8 Å². The van der Waals surface area contributed by atoms with Crippen LogP contribution in [-0.2, 0) is 28.6 Å². The number of hydrogen-bond acceptors (Lipinski definition) is 6. The van der Waals surface area contributed by atoms with Crippen molar-refractivity contribution < 1.29 is 28.6 Å². The van der Waals surface area contributed by atoms with Gasteiger partial charge in [-0.2, -0.15) is 0 Å². The first-order valence-electron chi connectivity index (χ1n) is 27.6. The van der Waals surface area contributed by atoms with Gasteiger partial charge in [0.05, 0.1) is 0 Å². The normalized spacial score (nSPS) is 12.1. The molecule has 0 aliphatic carbocycles. The molecule has 0 bridgehead atoms. The Labute approximate surface area is 387 Å². The smallest absolute Gasteiger partial charge is 0.306 e. The summed E-state index contributed by atoms with van der Waals surface area (Å²) < 4.78 is 16.8. The summed E-state index contributed by atoms with van der Waals surface area (Å²) in [6, 6.07) is 0. The van der Waals surface area contributed by atoms with Crippen LogP contribution in [0.5, 0.6) is 0 Å². The summed E-state index contributed by atoms with van der Waals surface area (Å²) in [5, 5.41) is 0. The highest BCUT2D eigenvalue weighted by molar-refractivity contribution is 5.71. The fraction of sp³-hybridized carbons (Fsp3) is 0.946. The topological polar surface area (TPSA) is 78.9 Å². The minimum atomic E-state index is -0.763. The van der Waals surface area contributed by atoms with E-state index in [9.17, 15) is 14.4 Å². The number of esters is 3. The number of carbonyl (C=O) groups excluding carboxylic acids is 3. The predicted octanol–water partition coefficient (Wildman–Crippen LogP) is 17.9. The van der Waals surface area contributed by atoms with Crippen LogP contribution in [-0.4, -0.2) is 37.2 Å². The summed E-state index contributed by atoms with van der Waals surface area (Å²) in [5.41, 5.74) is 0. The molecule has 0 aliphatic rings. The van der Waals surface area contributed by atoms with Crippen molar-refractivity contribution in [1.82, 2.24) is 0 Å². The molecule has 0 aromatic carbocycles. The molecule has 0 saturated heterocycles. The molecule has 0 saturated carbocycles. The third-order valence-corrected chi connectivity index (χ3v) is 12.6. The quantitative estimate of drug-likeness (QED) is 0.0344. The Hall–Kier alpha value is -1.59. The lowest BCUT2D eigenvalue weighted by Gasteiger charge is -2.18. The van der Waals surface area contributed by atoms with Crippen LogP contribution in [0.1, 0.15) is 305 Å². The van der Waals surface area contributed by atoms with Crippen LogP contribution < -0.4 is 0 Å². The highest BCUT2D eigenvalue weighted by atomic mass is 16.6. The molecule has 1 atom stereocenters. The number of rotatable bonds is 49. The monoisotopic (exact) mass is 877 g/mol. The summed E-state index contributed by atoms with van der Waals surface area (Å²) in [7, 11) is 0. The highest BCUT2D eigenvalue weighted by Crippen LogP contribution is 2.18. The number of hydrogen-bond donors (Lipinski definition) is 0. The molecule has 6 nitrogen and oxygen atoms in total. The Bertz CT molecular complexity index is 960. The maximum Gasteiger partial charge on any atom is 0.306 e. The second-order valence-electron chi connectivity index (χ2n) is 20.6. The molecule has 0 fully saturated rings. The Kier molecular flexibility index (Phi) is 46.2. The van der Waals surface area contributed by atoms with Gasteiger partial charge in [0, 0.05) is 19.3 Å². The molecule has 0 aliphatic heterocycles. The Morgan fingerprint density at radius 1 is 0.274 bits per heavy atom. The lowest BCUT2D eigenvalue weighted by atomic mass is 10.0. The summed E-state index contributed by atoms with van der Waals surface area (Å²) in [4.78, 5) is 38.0. The first-order chi connectivity index (χ1) is 30.1. The van der Waals surface area contributed by atoms with E-state index in [1.807, 2.05) is 0 Å². The highest BCUT2D eigenvalue weighted by Gasteiger charge is 2.19. The second-order valence-corrected chi connectivity index (χ2v) is 20.6. The lowest BCUT2D eigenvalue weighted by Crippen LogP contribution is -2.30.